The van der Waals surface area contributed by atoms with Crippen LogP contribution in [0.2, 0.25) is 0 Å². The molecule has 1 N–H and O–H groups in total. The molecule has 0 aliphatic rings. The number of alkyl halides is 3. The number of thioether (sulfide) groups is 1. The van der Waals surface area contributed by atoms with E-state index in [-0.39, 0.29) is 10.8 Å². The normalized spacial score (nSPS) is 13.3. The van der Waals surface area contributed by atoms with Crippen LogP contribution in [0.15, 0.2) is 28.6 Å². The highest BCUT2D eigenvalue weighted by atomic mass is 32.2. The quantitative estimate of drug-likeness (QED) is 0.450. The first-order valence-corrected chi connectivity index (χ1v) is 12.4. The number of amides is 1. The van der Waals surface area contributed by atoms with Crippen molar-refractivity contribution in [1.82, 2.24) is 10.2 Å². The molecule has 13 heteroatoms. The zero-order valence-corrected chi connectivity index (χ0v) is 19.0. The Bertz CT molecular complexity index is 993. The topological polar surface area (TPSA) is 92.3 Å². The molecule has 1 amide bonds. The van der Waals surface area contributed by atoms with E-state index in [4.69, 9.17) is 0 Å². The SMILES string of the molecule is CC(C)CSc1nnc(NC(=O)C(C)N(c2cccc(C(F)(F)F)c2)S(C)(=O)=O)s1. The standard InChI is InChI=1S/C17H21F3N4O3S3/c1-10(2)9-28-16-23-22-15(29-16)21-14(25)11(3)24(30(4,26)27)13-7-5-6-12(8-13)17(18,19)20/h5-8,10-11H,9H2,1-4H3,(H,21,22,25). The van der Waals surface area contributed by atoms with Crippen LogP contribution in [0.3, 0.4) is 0 Å². The van der Waals surface area contributed by atoms with Gasteiger partial charge in [0.25, 0.3) is 0 Å². The number of nitrogens with one attached hydrogen (secondary N) is 1. The number of carbonyl (C=O) groups excluding carboxylic acids is 1. The first kappa shape index (κ1) is 24.4. The minimum absolute atomic E-state index is 0.176. The molecule has 1 unspecified atom stereocenters. The number of sulfonamides is 1. The Morgan fingerprint density at radius 3 is 2.50 bits per heavy atom. The molecular weight excluding hydrogens is 461 g/mol. The lowest BCUT2D eigenvalue weighted by Gasteiger charge is -2.28. The lowest BCUT2D eigenvalue weighted by Crippen LogP contribution is -2.45. The van der Waals surface area contributed by atoms with E-state index < -0.39 is 33.7 Å². The second-order valence-electron chi connectivity index (χ2n) is 6.85. The van der Waals surface area contributed by atoms with Crippen LogP contribution in [-0.2, 0) is 21.0 Å². The number of nitrogens with zero attached hydrogens (tertiary/aromatic N) is 3. The summed E-state index contributed by atoms with van der Waals surface area (Å²) < 4.78 is 64.9. The van der Waals surface area contributed by atoms with Crippen LogP contribution >= 0.6 is 23.1 Å². The molecule has 0 radical (unpaired) electrons. The second kappa shape index (κ2) is 9.52. The van der Waals surface area contributed by atoms with Gasteiger partial charge in [-0.15, -0.1) is 10.2 Å². The van der Waals surface area contributed by atoms with E-state index in [1.165, 1.54) is 24.8 Å². The van der Waals surface area contributed by atoms with E-state index in [1.807, 2.05) is 13.8 Å². The van der Waals surface area contributed by atoms with Crippen LogP contribution in [0.25, 0.3) is 0 Å². The van der Waals surface area contributed by atoms with Gasteiger partial charge in [-0.3, -0.25) is 14.4 Å². The summed E-state index contributed by atoms with van der Waals surface area (Å²) in [6.45, 7) is 5.38. The summed E-state index contributed by atoms with van der Waals surface area (Å²) in [5.74, 6) is 0.512. The lowest BCUT2D eigenvalue weighted by molar-refractivity contribution is -0.137. The Balaban J connectivity index is 2.24. The van der Waals surface area contributed by atoms with Crippen LogP contribution in [-0.4, -0.2) is 42.6 Å². The molecule has 2 aromatic rings. The number of hydrogen-bond donors (Lipinski definition) is 1. The highest BCUT2D eigenvalue weighted by Gasteiger charge is 2.34. The number of hydrogen-bond acceptors (Lipinski definition) is 7. The van der Waals surface area contributed by atoms with Crippen LogP contribution in [0.5, 0.6) is 0 Å². The summed E-state index contributed by atoms with van der Waals surface area (Å²) in [6, 6.07) is 2.48. The largest absolute Gasteiger partial charge is 0.416 e. The summed E-state index contributed by atoms with van der Waals surface area (Å²) in [7, 11) is -4.06. The molecule has 0 aliphatic heterocycles. The van der Waals surface area contributed by atoms with Gasteiger partial charge in [-0.2, -0.15) is 13.2 Å². The monoisotopic (exact) mass is 482 g/mol. The summed E-state index contributed by atoms with van der Waals surface area (Å²) in [5.41, 5.74) is -1.28. The fraction of sp³-hybridized carbons (Fsp3) is 0.471. The van der Waals surface area contributed by atoms with Gasteiger partial charge in [0.15, 0.2) is 4.34 Å². The molecule has 0 saturated carbocycles. The van der Waals surface area contributed by atoms with Gasteiger partial charge >= 0.3 is 6.18 Å². The lowest BCUT2D eigenvalue weighted by atomic mass is 10.2. The van der Waals surface area contributed by atoms with E-state index in [0.717, 1.165) is 35.5 Å². The van der Waals surface area contributed by atoms with Crippen molar-refractivity contribution in [3.8, 4) is 0 Å². The predicted octanol–water partition coefficient (Wildman–Crippen LogP) is 4.10. The molecular formula is C17H21F3N4O3S3. The van der Waals surface area contributed by atoms with Crippen LogP contribution < -0.4 is 9.62 Å². The third kappa shape index (κ3) is 6.57. The summed E-state index contributed by atoms with van der Waals surface area (Å²) >= 11 is 2.61. The maximum absolute atomic E-state index is 13.0. The maximum Gasteiger partial charge on any atom is 0.416 e. The Hall–Kier alpha value is -1.86. The molecule has 0 fully saturated rings. The van der Waals surface area contributed by atoms with Gasteiger partial charge in [-0.05, 0) is 31.0 Å². The fourth-order valence-electron chi connectivity index (χ4n) is 2.39. The van der Waals surface area contributed by atoms with Gasteiger partial charge in [0.1, 0.15) is 6.04 Å². The Labute approximate surface area is 181 Å². The number of halogens is 3. The van der Waals surface area contributed by atoms with Gasteiger partial charge in [0, 0.05) is 5.75 Å². The molecule has 166 valence electrons. The predicted molar refractivity (Wildman–Crippen MR) is 112 cm³/mol. The minimum atomic E-state index is -4.65. The second-order valence-corrected chi connectivity index (χ2v) is 11.0. The number of aromatic nitrogens is 2. The van der Waals surface area contributed by atoms with E-state index in [1.54, 1.807) is 0 Å². The molecule has 0 bridgehead atoms. The molecule has 7 nitrogen and oxygen atoms in total. The van der Waals surface area contributed by atoms with Crippen molar-refractivity contribution in [1.29, 1.82) is 0 Å². The van der Waals surface area contributed by atoms with E-state index in [9.17, 15) is 26.4 Å². The van der Waals surface area contributed by atoms with Crippen LogP contribution in [0, 0.1) is 5.92 Å². The molecule has 1 aromatic carbocycles. The van der Waals surface area contributed by atoms with E-state index in [2.05, 4.69) is 15.5 Å². The molecule has 2 rings (SSSR count). The average Bonchev–Trinajstić information content (AvgIpc) is 3.05. The fourth-order valence-corrected chi connectivity index (χ4v) is 5.29. The van der Waals surface area contributed by atoms with Gasteiger partial charge in [0.05, 0.1) is 17.5 Å². The molecule has 30 heavy (non-hydrogen) atoms. The van der Waals surface area contributed by atoms with Crippen molar-refractivity contribution in [2.24, 2.45) is 5.92 Å². The van der Waals surface area contributed by atoms with E-state index >= 15 is 0 Å². The molecule has 0 saturated heterocycles. The van der Waals surface area contributed by atoms with Gasteiger partial charge < -0.3 is 0 Å². The maximum atomic E-state index is 13.0. The third-order valence-electron chi connectivity index (χ3n) is 3.69. The first-order valence-electron chi connectivity index (χ1n) is 8.73. The van der Waals surface area contributed by atoms with Gasteiger partial charge in [0.2, 0.25) is 21.1 Å². The Morgan fingerprint density at radius 2 is 1.93 bits per heavy atom. The highest BCUT2D eigenvalue weighted by molar-refractivity contribution is 8.01. The molecule has 1 aromatic heterocycles. The zero-order chi connectivity index (χ0) is 22.7. The molecule has 1 heterocycles. The Morgan fingerprint density at radius 1 is 1.27 bits per heavy atom. The molecule has 0 spiro atoms. The van der Waals surface area contributed by atoms with Crippen molar-refractivity contribution in [2.75, 3.05) is 21.6 Å². The third-order valence-corrected chi connectivity index (χ3v) is 7.33. The molecule has 0 aliphatic carbocycles. The van der Waals surface area contributed by atoms with Gasteiger partial charge in [-0.25, -0.2) is 8.42 Å². The summed E-state index contributed by atoms with van der Waals surface area (Å²) in [6.07, 6.45) is -3.83. The van der Waals surface area contributed by atoms with E-state index in [0.29, 0.717) is 20.6 Å². The molecule has 1 atom stereocenters. The van der Waals surface area contributed by atoms with Crippen LogP contribution in [0.1, 0.15) is 26.3 Å². The minimum Gasteiger partial charge on any atom is -0.299 e. The van der Waals surface area contributed by atoms with Crippen molar-refractivity contribution in [2.45, 2.75) is 37.3 Å². The smallest absolute Gasteiger partial charge is 0.299 e. The number of rotatable bonds is 8. The van der Waals surface area contributed by atoms with Crippen LogP contribution in [0.4, 0.5) is 24.0 Å². The van der Waals surface area contributed by atoms with Crippen molar-refractivity contribution in [3.63, 3.8) is 0 Å². The van der Waals surface area contributed by atoms with Crippen molar-refractivity contribution < 1.29 is 26.4 Å². The summed E-state index contributed by atoms with van der Waals surface area (Å²) in [5, 5.41) is 10.5. The van der Waals surface area contributed by atoms with Crippen molar-refractivity contribution in [3.05, 3.63) is 29.8 Å². The Kier molecular flexibility index (Phi) is 7.74. The average molecular weight is 483 g/mol. The summed E-state index contributed by atoms with van der Waals surface area (Å²) in [4.78, 5) is 12.6. The van der Waals surface area contributed by atoms with Gasteiger partial charge in [-0.1, -0.05) is 43.0 Å². The number of benzene rings is 1. The first-order chi connectivity index (χ1) is 13.8. The van der Waals surface area contributed by atoms with Crippen molar-refractivity contribution >= 4 is 49.8 Å². The number of carbonyl (C=O) groups is 1. The zero-order valence-electron chi connectivity index (χ0n) is 16.6. The number of anilines is 2. The highest BCUT2D eigenvalue weighted by Crippen LogP contribution is 2.33.